The Labute approximate surface area is 171 Å². The lowest BCUT2D eigenvalue weighted by Crippen LogP contribution is -2.23. The molecule has 1 aliphatic heterocycles. The van der Waals surface area contributed by atoms with Gasteiger partial charge in [-0.3, -0.25) is 4.79 Å². The zero-order valence-corrected chi connectivity index (χ0v) is 16.8. The molecule has 2 aliphatic carbocycles. The van der Waals surface area contributed by atoms with Crippen molar-refractivity contribution >= 4 is 23.1 Å². The zero-order chi connectivity index (χ0) is 20.0. The number of hydrogen-bond donors (Lipinski definition) is 1. The van der Waals surface area contributed by atoms with Crippen LogP contribution in [0.4, 0.5) is 0 Å². The minimum atomic E-state index is -1.03. The number of ketones is 1. The lowest BCUT2D eigenvalue weighted by atomic mass is 9.92. The van der Waals surface area contributed by atoms with E-state index in [4.69, 9.17) is 9.26 Å². The molecular weight excluding hydrogens is 392 g/mol. The molecular formula is C21H22N2O5S. The highest BCUT2D eigenvalue weighted by atomic mass is 32.1. The number of nitrogens with zero attached hydrogens (tertiary/aromatic N) is 2. The molecule has 5 rings (SSSR count). The van der Waals surface area contributed by atoms with Crippen LogP contribution in [0.2, 0.25) is 0 Å². The van der Waals surface area contributed by atoms with Gasteiger partial charge in [-0.15, -0.1) is 11.3 Å². The number of carboxylic acids is 1. The van der Waals surface area contributed by atoms with Crippen LogP contribution >= 0.6 is 11.3 Å². The van der Waals surface area contributed by atoms with Crippen molar-refractivity contribution in [1.29, 1.82) is 0 Å². The van der Waals surface area contributed by atoms with Crippen LogP contribution in [0.3, 0.4) is 0 Å². The third-order valence-corrected chi connectivity index (χ3v) is 7.16. The minimum Gasteiger partial charge on any atom is -0.478 e. The number of ether oxygens (including phenoxy) is 1. The molecule has 0 bridgehead atoms. The number of fused-ring (bicyclic) bond motifs is 1. The molecule has 7 nitrogen and oxygen atoms in total. The maximum atomic E-state index is 13.0. The molecule has 3 heterocycles. The number of rotatable bonds is 6. The lowest BCUT2D eigenvalue weighted by molar-refractivity contribution is -0.133. The van der Waals surface area contributed by atoms with Crippen molar-refractivity contribution in [3.8, 4) is 11.5 Å². The third-order valence-electron chi connectivity index (χ3n) is 5.87. The highest BCUT2D eigenvalue weighted by Gasteiger charge is 2.32. The van der Waals surface area contributed by atoms with Crippen LogP contribution in [0.1, 0.15) is 59.2 Å². The monoisotopic (exact) mass is 414 g/mol. The van der Waals surface area contributed by atoms with Gasteiger partial charge in [0.15, 0.2) is 11.6 Å². The first-order chi connectivity index (χ1) is 14.1. The number of aromatic nitrogens is 2. The summed E-state index contributed by atoms with van der Waals surface area (Å²) in [5, 5.41) is 13.6. The minimum absolute atomic E-state index is 0.0628. The molecule has 29 heavy (non-hydrogen) atoms. The van der Waals surface area contributed by atoms with Gasteiger partial charge in [-0.05, 0) is 44.1 Å². The molecule has 0 amide bonds. The van der Waals surface area contributed by atoms with Crippen molar-refractivity contribution in [2.45, 2.75) is 57.3 Å². The zero-order valence-electron chi connectivity index (χ0n) is 16.0. The van der Waals surface area contributed by atoms with E-state index >= 15 is 0 Å². The van der Waals surface area contributed by atoms with E-state index < -0.39 is 5.97 Å². The van der Waals surface area contributed by atoms with Gasteiger partial charge in [0.1, 0.15) is 0 Å². The summed E-state index contributed by atoms with van der Waals surface area (Å²) in [4.78, 5) is 31.4. The van der Waals surface area contributed by atoms with E-state index in [1.54, 1.807) is 11.3 Å². The molecule has 0 unspecified atom stereocenters. The molecule has 0 spiro atoms. The Morgan fingerprint density at radius 1 is 1.14 bits per heavy atom. The highest BCUT2D eigenvalue weighted by Crippen LogP contribution is 2.43. The van der Waals surface area contributed by atoms with Crippen molar-refractivity contribution in [3.05, 3.63) is 32.3 Å². The van der Waals surface area contributed by atoms with Gasteiger partial charge >= 0.3 is 5.97 Å². The number of carboxylic acid groups (broad SMARTS) is 1. The van der Waals surface area contributed by atoms with Crippen LogP contribution in [0, 0.1) is 0 Å². The average molecular weight is 414 g/mol. The molecule has 8 heteroatoms. The first kappa shape index (κ1) is 18.7. The molecule has 152 valence electrons. The quantitative estimate of drug-likeness (QED) is 0.772. The summed E-state index contributed by atoms with van der Waals surface area (Å²) in [5.41, 5.74) is 2.59. The van der Waals surface area contributed by atoms with Crippen LogP contribution < -0.4 is 0 Å². The number of hydrogen-bond acceptors (Lipinski definition) is 7. The number of carbonyl (C=O) groups excluding carboxylic acids is 1. The fraction of sp³-hybridized carbons (Fsp3) is 0.524. The summed E-state index contributed by atoms with van der Waals surface area (Å²) in [6.07, 6.45) is 6.79. The molecule has 0 saturated heterocycles. The second-order valence-corrected chi connectivity index (χ2v) is 9.10. The van der Waals surface area contributed by atoms with Gasteiger partial charge in [0.2, 0.25) is 0 Å². The predicted octanol–water partition coefficient (Wildman–Crippen LogP) is 3.47. The summed E-state index contributed by atoms with van der Waals surface area (Å²) >= 11 is 1.63. The Morgan fingerprint density at radius 3 is 2.76 bits per heavy atom. The molecule has 1 fully saturated rings. The van der Waals surface area contributed by atoms with Crippen molar-refractivity contribution in [2.75, 3.05) is 13.2 Å². The van der Waals surface area contributed by atoms with Crippen molar-refractivity contribution in [1.82, 2.24) is 10.1 Å². The Morgan fingerprint density at radius 2 is 1.97 bits per heavy atom. The smallest absolute Gasteiger partial charge is 0.332 e. The number of aliphatic carboxylic acids is 1. The lowest BCUT2D eigenvalue weighted by Gasteiger charge is -2.17. The van der Waals surface area contributed by atoms with E-state index in [0.29, 0.717) is 18.4 Å². The van der Waals surface area contributed by atoms with Crippen LogP contribution in [0.25, 0.3) is 11.5 Å². The van der Waals surface area contributed by atoms with E-state index in [1.165, 1.54) is 10.4 Å². The van der Waals surface area contributed by atoms with Crippen LogP contribution in [-0.4, -0.2) is 40.2 Å². The van der Waals surface area contributed by atoms with E-state index in [1.807, 2.05) is 0 Å². The number of thiophene rings is 1. The molecule has 1 saturated carbocycles. The molecule has 1 N–H and O–H groups in total. The first-order valence-corrected chi connectivity index (χ1v) is 11.0. The van der Waals surface area contributed by atoms with Crippen LogP contribution in [0.15, 0.2) is 15.7 Å². The van der Waals surface area contributed by atoms with E-state index in [-0.39, 0.29) is 36.4 Å². The van der Waals surface area contributed by atoms with Gasteiger partial charge in [0.25, 0.3) is 5.89 Å². The molecule has 2 aromatic rings. The summed E-state index contributed by atoms with van der Waals surface area (Å²) in [6.45, 7) is 0.399. The summed E-state index contributed by atoms with van der Waals surface area (Å²) in [6, 6.07) is 0. The number of Topliss-reactive ketones (excluding diaryl/α,β-unsaturated/α-hetero) is 1. The summed E-state index contributed by atoms with van der Waals surface area (Å²) in [7, 11) is 0. The van der Waals surface area contributed by atoms with Gasteiger partial charge < -0.3 is 14.4 Å². The van der Waals surface area contributed by atoms with Gasteiger partial charge in [0.05, 0.1) is 18.8 Å². The Balaban J connectivity index is 1.51. The van der Waals surface area contributed by atoms with Crippen molar-refractivity contribution < 1.29 is 24.0 Å². The topological polar surface area (TPSA) is 103 Å². The van der Waals surface area contributed by atoms with E-state index in [2.05, 4.69) is 10.1 Å². The Kier molecular flexibility index (Phi) is 4.83. The average Bonchev–Trinajstić information content (AvgIpc) is 3.35. The standard InChI is InChI=1S/C21H22N2O5S/c24-15(14-10-27-8-7-12(14)21(25)26)9-17-18(13-3-1-2-4-16(13)29-17)20-22-19(23-28-20)11-5-6-11/h11H,1-10H2,(H,25,26). The summed E-state index contributed by atoms with van der Waals surface area (Å²) < 4.78 is 11.0. The SMILES string of the molecule is O=C(O)C1=C(C(=O)Cc2sc3c(c2-c2nc(C4CC4)no2)CCCC3)COCC1. The van der Waals surface area contributed by atoms with E-state index in [9.17, 15) is 14.7 Å². The second-order valence-electron chi connectivity index (χ2n) is 7.91. The Hall–Kier alpha value is -2.32. The third kappa shape index (κ3) is 3.55. The fourth-order valence-electron chi connectivity index (χ4n) is 4.16. The normalized spacial score (nSPS) is 19.3. The predicted molar refractivity (Wildman–Crippen MR) is 105 cm³/mol. The highest BCUT2D eigenvalue weighted by molar-refractivity contribution is 7.12. The number of carbonyl (C=O) groups is 2. The van der Waals surface area contributed by atoms with E-state index in [0.717, 1.165) is 54.8 Å². The second kappa shape index (κ2) is 7.50. The van der Waals surface area contributed by atoms with Gasteiger partial charge in [0, 0.05) is 39.7 Å². The van der Waals surface area contributed by atoms with Crippen molar-refractivity contribution in [3.63, 3.8) is 0 Å². The maximum absolute atomic E-state index is 13.0. The largest absolute Gasteiger partial charge is 0.478 e. The summed E-state index contributed by atoms with van der Waals surface area (Å²) in [5.74, 6) is 0.429. The van der Waals surface area contributed by atoms with Gasteiger partial charge in [-0.1, -0.05) is 5.16 Å². The van der Waals surface area contributed by atoms with Gasteiger partial charge in [-0.2, -0.15) is 4.98 Å². The van der Waals surface area contributed by atoms with Crippen LogP contribution in [-0.2, 0) is 33.6 Å². The Bertz CT molecular complexity index is 1010. The maximum Gasteiger partial charge on any atom is 0.332 e. The molecule has 2 aromatic heterocycles. The molecule has 0 aromatic carbocycles. The molecule has 3 aliphatic rings. The first-order valence-electron chi connectivity index (χ1n) is 10.2. The molecule has 0 atom stereocenters. The van der Waals surface area contributed by atoms with Crippen molar-refractivity contribution in [2.24, 2.45) is 0 Å². The van der Waals surface area contributed by atoms with Gasteiger partial charge in [-0.25, -0.2) is 4.79 Å². The molecule has 0 radical (unpaired) electrons. The van der Waals surface area contributed by atoms with Crippen LogP contribution in [0.5, 0.6) is 0 Å². The fourth-order valence-corrected chi connectivity index (χ4v) is 5.55. The number of aryl methyl sites for hydroxylation is 1.